The molecule has 3 aromatic carbocycles. The first kappa shape index (κ1) is 57.2. The second kappa shape index (κ2) is 26.0. The maximum atomic E-state index is 16.2. The van der Waals surface area contributed by atoms with Crippen LogP contribution in [0, 0.1) is 6.92 Å². The summed E-state index contributed by atoms with van der Waals surface area (Å²) in [5.41, 5.74) is 0.653. The highest BCUT2D eigenvalue weighted by Gasteiger charge is 2.55. The maximum Gasteiger partial charge on any atom is 0.408 e. The number of nitrogens with one attached hydrogen (secondary N) is 1. The normalized spacial score (nSPS) is 14.4. The van der Waals surface area contributed by atoms with E-state index in [4.69, 9.17) is 13.6 Å². The molecule has 11 heteroatoms. The predicted octanol–water partition coefficient (Wildman–Crippen LogP) is 13.4. The minimum atomic E-state index is -4.26. The average Bonchev–Trinajstić information content (AvgIpc) is 3.23. The Morgan fingerprint density at radius 2 is 1.08 bits per heavy atom. The zero-order valence-electron chi connectivity index (χ0n) is 43.5. The number of ketones is 1. The summed E-state index contributed by atoms with van der Waals surface area (Å²) in [4.78, 5) is 30.5. The number of carbonyl (C=O) groups excluding carboxylic acids is 2. The minimum Gasteiger partial charge on any atom is -0.444 e. The molecule has 0 saturated carbocycles. The maximum absolute atomic E-state index is 16.2. The van der Waals surface area contributed by atoms with E-state index in [-0.39, 0.29) is 34.5 Å². The van der Waals surface area contributed by atoms with Crippen LogP contribution < -0.4 is 15.7 Å². The van der Waals surface area contributed by atoms with Crippen LogP contribution in [0.25, 0.3) is 0 Å². The molecule has 0 heterocycles. The van der Waals surface area contributed by atoms with Crippen molar-refractivity contribution in [3.63, 3.8) is 0 Å². The lowest BCUT2D eigenvalue weighted by molar-refractivity contribution is -0.127. The summed E-state index contributed by atoms with van der Waals surface area (Å²) in [5.74, 6) is -0.578. The van der Waals surface area contributed by atoms with Crippen molar-refractivity contribution in [2.75, 3.05) is 6.61 Å². The molecule has 0 radical (unpaired) electrons. The molecule has 0 fully saturated rings. The first-order valence-corrected chi connectivity index (χ1v) is 30.8. The van der Waals surface area contributed by atoms with Gasteiger partial charge in [-0.15, -0.1) is 0 Å². The predicted molar refractivity (Wildman–Crippen MR) is 281 cm³/mol. The van der Waals surface area contributed by atoms with Crippen molar-refractivity contribution < 1.29 is 31.6 Å². The first-order valence-electron chi connectivity index (χ1n) is 25.2. The Hall–Kier alpha value is -3.10. The van der Waals surface area contributed by atoms with Gasteiger partial charge in [-0.2, -0.15) is 0 Å². The molecule has 0 aromatic heterocycles. The van der Waals surface area contributed by atoms with Gasteiger partial charge < -0.3 is 18.9 Å². The Balaban J connectivity index is 2.34. The van der Waals surface area contributed by atoms with E-state index in [2.05, 4.69) is 98.8 Å². The van der Waals surface area contributed by atoms with E-state index >= 15 is 13.2 Å². The van der Waals surface area contributed by atoms with Crippen LogP contribution in [0.2, 0.25) is 21.7 Å². The monoisotopic (exact) mass is 964 g/mol. The van der Waals surface area contributed by atoms with E-state index in [1.165, 1.54) is 38.5 Å². The van der Waals surface area contributed by atoms with Gasteiger partial charge in [0, 0.05) is 0 Å². The van der Waals surface area contributed by atoms with Gasteiger partial charge in [0.25, 0.3) is 8.32 Å². The first-order chi connectivity index (χ1) is 31.0. The second-order valence-corrected chi connectivity index (χ2v) is 33.5. The number of hydrogen-bond donors (Lipinski definition) is 1. The third-order valence-corrected chi connectivity index (χ3v) is 26.6. The highest BCUT2D eigenvalue weighted by Crippen LogP contribution is 2.43. The highest BCUT2D eigenvalue weighted by atomic mass is 32.2. The van der Waals surface area contributed by atoms with Gasteiger partial charge in [-0.1, -0.05) is 218 Å². The summed E-state index contributed by atoms with van der Waals surface area (Å²) >= 11 is 0. The Bertz CT molecular complexity index is 1930. The fourth-order valence-corrected chi connectivity index (χ4v) is 22.0. The van der Waals surface area contributed by atoms with Crippen molar-refractivity contribution in [1.29, 1.82) is 0 Å². The summed E-state index contributed by atoms with van der Waals surface area (Å²) in [7, 11) is -10.5. The molecule has 1 N–H and O–H groups in total. The van der Waals surface area contributed by atoms with Crippen molar-refractivity contribution in [3.05, 3.63) is 90.5 Å². The molecule has 3 rings (SSSR count). The molecule has 0 aliphatic carbocycles. The second-order valence-electron chi connectivity index (χ2n) is 21.7. The van der Waals surface area contributed by atoms with E-state index in [1.807, 2.05) is 43.3 Å². The number of Topliss-reactive ketones (excluding diaryl/α,β-unsaturated/α-hetero) is 1. The molecular weight excluding hydrogens is 875 g/mol. The highest BCUT2D eigenvalue weighted by molar-refractivity contribution is 7.92. The average molecular weight is 965 g/mol. The molecule has 0 aliphatic heterocycles. The smallest absolute Gasteiger partial charge is 0.408 e. The number of aryl methyl sites for hydroxylation is 1. The van der Waals surface area contributed by atoms with Crippen LogP contribution in [-0.2, 0) is 28.2 Å². The topological polar surface area (TPSA) is 108 Å². The molecule has 1 amide bonds. The van der Waals surface area contributed by atoms with Gasteiger partial charge in [0.15, 0.2) is 23.9 Å². The van der Waals surface area contributed by atoms with Crippen LogP contribution in [0.3, 0.4) is 0 Å². The van der Waals surface area contributed by atoms with Crippen LogP contribution in [-0.4, -0.2) is 66.5 Å². The zero-order chi connectivity index (χ0) is 49.3. The fourth-order valence-electron chi connectivity index (χ4n) is 10.1. The van der Waals surface area contributed by atoms with Gasteiger partial charge in [-0.25, -0.2) is 13.2 Å². The van der Waals surface area contributed by atoms with Crippen molar-refractivity contribution in [3.8, 4) is 0 Å². The van der Waals surface area contributed by atoms with E-state index in [0.29, 0.717) is 6.42 Å². The van der Waals surface area contributed by atoms with Gasteiger partial charge in [0.05, 0.1) is 17.5 Å². The Labute approximate surface area is 404 Å². The van der Waals surface area contributed by atoms with Gasteiger partial charge in [0.1, 0.15) is 17.0 Å². The molecule has 0 bridgehead atoms. The number of sulfone groups is 1. The lowest BCUT2D eigenvalue weighted by Crippen LogP contribution is -2.71. The van der Waals surface area contributed by atoms with E-state index < -0.39 is 66.4 Å². The molecule has 8 nitrogen and oxygen atoms in total. The number of rotatable bonds is 28. The number of unbranched alkanes of at least 4 members (excludes halogenated alkanes) is 10. The lowest BCUT2D eigenvalue weighted by atomic mass is 10.00. The summed E-state index contributed by atoms with van der Waals surface area (Å²) in [6.45, 7) is 29.1. The molecule has 370 valence electrons. The summed E-state index contributed by atoms with van der Waals surface area (Å²) in [5, 5.41) is 2.92. The molecule has 3 atom stereocenters. The lowest BCUT2D eigenvalue weighted by Gasteiger charge is -2.47. The third kappa shape index (κ3) is 15.5. The van der Waals surface area contributed by atoms with Gasteiger partial charge in [-0.05, 0) is 78.3 Å². The van der Waals surface area contributed by atoms with Crippen molar-refractivity contribution in [2.24, 2.45) is 0 Å². The molecule has 66 heavy (non-hydrogen) atoms. The fraction of sp³-hybridized carbons (Fsp3) is 0.636. The Kier molecular flexibility index (Phi) is 22.6. The van der Waals surface area contributed by atoms with E-state index in [1.54, 1.807) is 45.0 Å². The minimum absolute atomic E-state index is 0.0651. The standard InChI is InChI=1S/C55H89NO7SSi2/c1-15-16-17-18-19-20-21-22-23-24-31-36-50(64(59,60)46-39-37-45(8)38-40-46)51(57)52(63-66(55(12,13)14,47-32-27-25-28-33-47)48-34-29-26-30-35-48)49(56-53(58)62-54(9,10)11)41-61-65(42(2)3,43(4)5)44(6)7/h25-30,32-35,37-40,42-44,49-50,52H,15-24,31,36,41H2,1-14H3,(H,56,58)/t49-,50-,52-/m0/s1. The summed E-state index contributed by atoms with van der Waals surface area (Å²) in [6, 6.07) is 25.7. The third-order valence-electron chi connectivity index (χ3n) is 13.4. The van der Waals surface area contributed by atoms with E-state index in [0.717, 1.165) is 41.6 Å². The molecular formula is C55H89NO7SSi2. The largest absolute Gasteiger partial charge is 0.444 e. The number of benzene rings is 3. The van der Waals surface area contributed by atoms with Crippen molar-refractivity contribution in [1.82, 2.24) is 5.32 Å². The molecule has 0 spiro atoms. The summed E-state index contributed by atoms with van der Waals surface area (Å²) < 4.78 is 51.5. The Morgan fingerprint density at radius 1 is 0.636 bits per heavy atom. The van der Waals surface area contributed by atoms with Gasteiger partial charge >= 0.3 is 6.09 Å². The van der Waals surface area contributed by atoms with Crippen LogP contribution in [0.15, 0.2) is 89.8 Å². The summed E-state index contributed by atoms with van der Waals surface area (Å²) in [6.07, 6.45) is 10.0. The number of ether oxygens (including phenoxy) is 1. The van der Waals surface area contributed by atoms with Gasteiger partial charge in [0.2, 0.25) is 0 Å². The number of hydrogen-bond acceptors (Lipinski definition) is 7. The van der Waals surface area contributed by atoms with Crippen molar-refractivity contribution >= 4 is 48.7 Å². The van der Waals surface area contributed by atoms with Crippen LogP contribution >= 0.6 is 0 Å². The van der Waals surface area contributed by atoms with Crippen LogP contribution in [0.5, 0.6) is 0 Å². The molecule has 0 unspecified atom stereocenters. The molecule has 0 aliphatic rings. The SMILES string of the molecule is CCCCCCCCCCCCC[C@@H](C(=O)[C@@H](O[Si](c1ccccc1)(c1ccccc1)C(C)(C)C)[C@H](CO[Si](C(C)C)(C(C)C)C(C)C)NC(=O)OC(C)(C)C)S(=O)(=O)c1ccc(C)cc1. The van der Waals surface area contributed by atoms with Gasteiger partial charge in [-0.3, -0.25) is 4.79 Å². The van der Waals surface area contributed by atoms with Crippen LogP contribution in [0.1, 0.15) is 173 Å². The van der Waals surface area contributed by atoms with E-state index in [9.17, 15) is 4.79 Å². The number of alkyl carbamates (subject to hydrolysis) is 1. The van der Waals surface area contributed by atoms with Crippen LogP contribution in [0.4, 0.5) is 4.79 Å². The molecule has 0 saturated heterocycles. The zero-order valence-corrected chi connectivity index (χ0v) is 46.3. The Morgan fingerprint density at radius 3 is 1.48 bits per heavy atom. The molecule has 3 aromatic rings. The number of carbonyl (C=O) groups is 2. The van der Waals surface area contributed by atoms with Crippen molar-refractivity contribution in [2.45, 2.75) is 224 Å². The quantitative estimate of drug-likeness (QED) is 0.0570. The number of amides is 1.